The van der Waals surface area contributed by atoms with Gasteiger partial charge in [-0.05, 0) is 43.7 Å². The van der Waals surface area contributed by atoms with Gasteiger partial charge in [-0.25, -0.2) is 4.98 Å². The SMILES string of the molecule is Cc1nc(CN(Cc2sccc2C)C2CC2)cs1. The van der Waals surface area contributed by atoms with Crippen LogP contribution >= 0.6 is 22.7 Å². The molecule has 2 aromatic rings. The summed E-state index contributed by atoms with van der Waals surface area (Å²) in [6.07, 6.45) is 2.71. The number of nitrogens with zero attached hydrogens (tertiary/aromatic N) is 2. The highest BCUT2D eigenvalue weighted by Crippen LogP contribution is 2.31. The van der Waals surface area contributed by atoms with Crippen LogP contribution in [0.3, 0.4) is 0 Å². The molecule has 0 amide bonds. The molecule has 0 aliphatic heterocycles. The van der Waals surface area contributed by atoms with Crippen LogP contribution in [0, 0.1) is 13.8 Å². The van der Waals surface area contributed by atoms with Crippen LogP contribution in [0.15, 0.2) is 16.8 Å². The average Bonchev–Trinajstić information content (AvgIpc) is 3.00. The monoisotopic (exact) mass is 278 g/mol. The van der Waals surface area contributed by atoms with Crippen molar-refractivity contribution in [3.05, 3.63) is 38.0 Å². The quantitative estimate of drug-likeness (QED) is 0.822. The Morgan fingerprint density at radius 2 is 2.11 bits per heavy atom. The van der Waals surface area contributed by atoms with Crippen molar-refractivity contribution in [2.75, 3.05) is 0 Å². The summed E-state index contributed by atoms with van der Waals surface area (Å²) < 4.78 is 0. The second kappa shape index (κ2) is 5.11. The fourth-order valence-corrected chi connectivity index (χ4v) is 3.73. The highest BCUT2D eigenvalue weighted by atomic mass is 32.1. The van der Waals surface area contributed by atoms with Crippen LogP contribution in [-0.2, 0) is 13.1 Å². The van der Waals surface area contributed by atoms with E-state index >= 15 is 0 Å². The third kappa shape index (κ3) is 2.82. The van der Waals surface area contributed by atoms with E-state index in [0.717, 1.165) is 19.1 Å². The molecule has 0 atom stereocenters. The van der Waals surface area contributed by atoms with E-state index in [4.69, 9.17) is 0 Å². The molecule has 18 heavy (non-hydrogen) atoms. The summed E-state index contributed by atoms with van der Waals surface area (Å²) in [6.45, 7) is 6.39. The molecule has 0 spiro atoms. The average molecular weight is 278 g/mol. The van der Waals surface area contributed by atoms with E-state index in [0.29, 0.717) is 0 Å². The number of hydrogen-bond acceptors (Lipinski definition) is 4. The summed E-state index contributed by atoms with van der Waals surface area (Å²) in [5.41, 5.74) is 2.67. The Kier molecular flexibility index (Phi) is 3.50. The number of thiazole rings is 1. The first-order valence-corrected chi connectivity index (χ1v) is 8.16. The van der Waals surface area contributed by atoms with Gasteiger partial charge >= 0.3 is 0 Å². The lowest BCUT2D eigenvalue weighted by atomic mass is 10.2. The van der Waals surface area contributed by atoms with Gasteiger partial charge in [-0.15, -0.1) is 22.7 Å². The minimum Gasteiger partial charge on any atom is -0.289 e. The summed E-state index contributed by atoms with van der Waals surface area (Å²) in [4.78, 5) is 8.69. The zero-order chi connectivity index (χ0) is 12.5. The lowest BCUT2D eigenvalue weighted by Crippen LogP contribution is -2.25. The third-order valence-corrected chi connectivity index (χ3v) is 5.24. The standard InChI is InChI=1S/C14H18N2S2/c1-10-5-6-17-14(10)8-16(13-3-4-13)7-12-9-18-11(2)15-12/h5-6,9,13H,3-4,7-8H2,1-2H3. The highest BCUT2D eigenvalue weighted by molar-refractivity contribution is 7.10. The van der Waals surface area contributed by atoms with Crippen LogP contribution in [-0.4, -0.2) is 15.9 Å². The molecule has 0 saturated heterocycles. The molecule has 4 heteroatoms. The molecule has 96 valence electrons. The number of aromatic nitrogens is 1. The Morgan fingerprint density at radius 3 is 2.67 bits per heavy atom. The third-order valence-electron chi connectivity index (χ3n) is 3.41. The number of thiophene rings is 1. The van der Waals surface area contributed by atoms with Crippen molar-refractivity contribution >= 4 is 22.7 Å². The molecule has 3 rings (SSSR count). The maximum atomic E-state index is 4.59. The highest BCUT2D eigenvalue weighted by Gasteiger charge is 2.29. The Morgan fingerprint density at radius 1 is 1.28 bits per heavy atom. The van der Waals surface area contributed by atoms with Gasteiger partial charge in [0.25, 0.3) is 0 Å². The summed E-state index contributed by atoms with van der Waals surface area (Å²) in [7, 11) is 0. The summed E-state index contributed by atoms with van der Waals surface area (Å²) >= 11 is 3.63. The molecule has 1 aliphatic carbocycles. The summed E-state index contributed by atoms with van der Waals surface area (Å²) in [5.74, 6) is 0. The molecule has 0 aromatic carbocycles. The molecular formula is C14H18N2S2. The van der Waals surface area contributed by atoms with Crippen molar-refractivity contribution in [2.45, 2.75) is 45.8 Å². The van der Waals surface area contributed by atoms with Crippen molar-refractivity contribution in [1.29, 1.82) is 0 Å². The van der Waals surface area contributed by atoms with E-state index in [2.05, 4.69) is 40.6 Å². The smallest absolute Gasteiger partial charge is 0.0897 e. The molecule has 0 bridgehead atoms. The van der Waals surface area contributed by atoms with Gasteiger partial charge in [-0.3, -0.25) is 4.90 Å². The van der Waals surface area contributed by atoms with E-state index < -0.39 is 0 Å². The largest absolute Gasteiger partial charge is 0.289 e. The van der Waals surface area contributed by atoms with Crippen molar-refractivity contribution in [3.63, 3.8) is 0 Å². The van der Waals surface area contributed by atoms with Crippen LogP contribution in [0.5, 0.6) is 0 Å². The van der Waals surface area contributed by atoms with Crippen LogP contribution in [0.25, 0.3) is 0 Å². The minimum atomic E-state index is 0.786. The molecule has 1 saturated carbocycles. The van der Waals surface area contributed by atoms with E-state index in [9.17, 15) is 0 Å². The molecule has 2 heterocycles. The van der Waals surface area contributed by atoms with Crippen LogP contribution < -0.4 is 0 Å². The predicted octanol–water partition coefficient (Wildman–Crippen LogP) is 3.99. The maximum absolute atomic E-state index is 4.59. The summed E-state index contributed by atoms with van der Waals surface area (Å²) in [6, 6.07) is 3.01. The van der Waals surface area contributed by atoms with E-state index in [1.807, 2.05) is 11.3 Å². The van der Waals surface area contributed by atoms with Gasteiger partial charge in [-0.1, -0.05) is 0 Å². The Hall–Kier alpha value is -0.710. The second-order valence-electron chi connectivity index (χ2n) is 5.02. The molecule has 0 N–H and O–H groups in total. The zero-order valence-corrected chi connectivity index (χ0v) is 12.5. The Balaban J connectivity index is 1.71. The van der Waals surface area contributed by atoms with Gasteiger partial charge in [0.2, 0.25) is 0 Å². The van der Waals surface area contributed by atoms with Crippen LogP contribution in [0.1, 0.15) is 34.0 Å². The molecule has 2 nitrogen and oxygen atoms in total. The lowest BCUT2D eigenvalue weighted by Gasteiger charge is -2.20. The second-order valence-corrected chi connectivity index (χ2v) is 7.08. The van der Waals surface area contributed by atoms with Gasteiger partial charge in [0, 0.05) is 29.4 Å². The lowest BCUT2D eigenvalue weighted by molar-refractivity contribution is 0.245. The van der Waals surface area contributed by atoms with Crippen LogP contribution in [0.4, 0.5) is 0 Å². The summed E-state index contributed by atoms with van der Waals surface area (Å²) in [5, 5.41) is 5.57. The van der Waals surface area contributed by atoms with E-state index in [1.165, 1.54) is 34.0 Å². The topological polar surface area (TPSA) is 16.1 Å². The van der Waals surface area contributed by atoms with Crippen LogP contribution in [0.2, 0.25) is 0 Å². The maximum Gasteiger partial charge on any atom is 0.0897 e. The van der Waals surface area contributed by atoms with Gasteiger partial charge in [0.15, 0.2) is 0 Å². The van der Waals surface area contributed by atoms with Gasteiger partial charge in [-0.2, -0.15) is 0 Å². The molecule has 0 unspecified atom stereocenters. The van der Waals surface area contributed by atoms with E-state index in [1.54, 1.807) is 11.3 Å². The normalized spacial score (nSPS) is 15.5. The Bertz CT molecular complexity index is 525. The number of aryl methyl sites for hydroxylation is 2. The van der Waals surface area contributed by atoms with E-state index in [-0.39, 0.29) is 0 Å². The fraction of sp³-hybridized carbons (Fsp3) is 0.500. The minimum absolute atomic E-state index is 0.786. The van der Waals surface area contributed by atoms with Crippen molar-refractivity contribution in [1.82, 2.24) is 9.88 Å². The number of rotatable bonds is 5. The first kappa shape index (κ1) is 12.3. The van der Waals surface area contributed by atoms with Gasteiger partial charge in [0.1, 0.15) is 0 Å². The van der Waals surface area contributed by atoms with Crippen molar-refractivity contribution in [3.8, 4) is 0 Å². The first-order chi connectivity index (χ1) is 8.72. The van der Waals surface area contributed by atoms with Crippen molar-refractivity contribution < 1.29 is 0 Å². The van der Waals surface area contributed by atoms with Gasteiger partial charge < -0.3 is 0 Å². The molecule has 1 aliphatic rings. The first-order valence-electron chi connectivity index (χ1n) is 6.40. The molecular weight excluding hydrogens is 260 g/mol. The molecule has 1 fully saturated rings. The zero-order valence-electron chi connectivity index (χ0n) is 10.8. The molecule has 0 radical (unpaired) electrons. The fourth-order valence-electron chi connectivity index (χ4n) is 2.19. The Labute approximate surface area is 116 Å². The van der Waals surface area contributed by atoms with Gasteiger partial charge in [0.05, 0.1) is 10.7 Å². The molecule has 2 aromatic heterocycles. The predicted molar refractivity (Wildman–Crippen MR) is 78.2 cm³/mol. The number of hydrogen-bond donors (Lipinski definition) is 0. The van der Waals surface area contributed by atoms with Crippen molar-refractivity contribution in [2.24, 2.45) is 0 Å².